The van der Waals surface area contributed by atoms with Gasteiger partial charge >= 0.3 is 0 Å². The summed E-state index contributed by atoms with van der Waals surface area (Å²) in [5, 5.41) is 3.47. The molecular formula is C14H25N3O2. The standard InChI is InChI=1S/C14H25N3O2/c1-5-7-15-12(9-18-4)8-13-11(3)14(19-6-2)17-10-16-13/h10,12,15H,5-9H2,1-4H3. The highest BCUT2D eigenvalue weighted by Crippen LogP contribution is 2.17. The van der Waals surface area contributed by atoms with Crippen molar-refractivity contribution in [1.29, 1.82) is 0 Å². The molecule has 0 bridgehead atoms. The number of hydrogen-bond donors (Lipinski definition) is 1. The maximum atomic E-state index is 5.50. The molecule has 1 heterocycles. The quantitative estimate of drug-likeness (QED) is 0.738. The maximum absolute atomic E-state index is 5.50. The fourth-order valence-corrected chi connectivity index (χ4v) is 1.93. The number of rotatable bonds is 9. The van der Waals surface area contributed by atoms with Crippen molar-refractivity contribution >= 4 is 0 Å². The summed E-state index contributed by atoms with van der Waals surface area (Å²) >= 11 is 0. The van der Waals surface area contributed by atoms with Crippen LogP contribution in [0.15, 0.2) is 6.33 Å². The molecule has 0 aromatic carbocycles. The van der Waals surface area contributed by atoms with Gasteiger partial charge in [-0.3, -0.25) is 0 Å². The van der Waals surface area contributed by atoms with E-state index in [2.05, 4.69) is 22.2 Å². The van der Waals surface area contributed by atoms with Crippen LogP contribution in [0.25, 0.3) is 0 Å². The maximum Gasteiger partial charge on any atom is 0.219 e. The van der Waals surface area contributed by atoms with E-state index >= 15 is 0 Å². The summed E-state index contributed by atoms with van der Waals surface area (Å²) in [5.41, 5.74) is 2.04. The van der Waals surface area contributed by atoms with Gasteiger partial charge in [-0.25, -0.2) is 9.97 Å². The third-order valence-electron chi connectivity index (χ3n) is 2.91. The first-order valence-corrected chi connectivity index (χ1v) is 6.88. The van der Waals surface area contributed by atoms with Gasteiger partial charge in [-0.15, -0.1) is 0 Å². The van der Waals surface area contributed by atoms with E-state index in [9.17, 15) is 0 Å². The van der Waals surface area contributed by atoms with Crippen molar-refractivity contribution in [2.75, 3.05) is 26.9 Å². The summed E-state index contributed by atoms with van der Waals surface area (Å²) in [6.07, 6.45) is 3.49. The summed E-state index contributed by atoms with van der Waals surface area (Å²) in [6, 6.07) is 0.271. The number of ether oxygens (including phenoxy) is 2. The fraction of sp³-hybridized carbons (Fsp3) is 0.714. The van der Waals surface area contributed by atoms with E-state index in [1.54, 1.807) is 13.4 Å². The van der Waals surface area contributed by atoms with Gasteiger partial charge in [0.15, 0.2) is 0 Å². The van der Waals surface area contributed by atoms with Crippen LogP contribution in [-0.2, 0) is 11.2 Å². The van der Waals surface area contributed by atoms with E-state index in [1.807, 2.05) is 13.8 Å². The van der Waals surface area contributed by atoms with E-state index in [4.69, 9.17) is 9.47 Å². The zero-order valence-corrected chi connectivity index (χ0v) is 12.4. The third kappa shape index (κ3) is 5.12. The molecule has 0 spiro atoms. The Morgan fingerprint density at radius 1 is 1.32 bits per heavy atom. The van der Waals surface area contributed by atoms with Crippen LogP contribution >= 0.6 is 0 Å². The normalized spacial score (nSPS) is 12.4. The molecule has 1 aromatic heterocycles. The topological polar surface area (TPSA) is 56.3 Å². The minimum absolute atomic E-state index is 0.271. The smallest absolute Gasteiger partial charge is 0.219 e. The Balaban J connectivity index is 2.74. The Morgan fingerprint density at radius 2 is 2.11 bits per heavy atom. The van der Waals surface area contributed by atoms with E-state index in [0.29, 0.717) is 19.1 Å². The predicted molar refractivity (Wildman–Crippen MR) is 75.6 cm³/mol. The second-order valence-corrected chi connectivity index (χ2v) is 4.49. The molecule has 108 valence electrons. The fourth-order valence-electron chi connectivity index (χ4n) is 1.93. The second-order valence-electron chi connectivity index (χ2n) is 4.49. The van der Waals surface area contributed by atoms with Crippen LogP contribution in [0.2, 0.25) is 0 Å². The second kappa shape index (κ2) is 8.82. The van der Waals surface area contributed by atoms with Crippen molar-refractivity contribution in [2.45, 2.75) is 39.7 Å². The lowest BCUT2D eigenvalue weighted by Crippen LogP contribution is -2.36. The number of nitrogens with one attached hydrogen (secondary N) is 1. The Hall–Kier alpha value is -1.20. The number of aromatic nitrogens is 2. The SMILES string of the molecule is CCCNC(COC)Cc1ncnc(OCC)c1C. The molecule has 1 N–H and O–H groups in total. The molecule has 0 amide bonds. The van der Waals surface area contributed by atoms with Gasteiger partial charge in [-0.2, -0.15) is 0 Å². The summed E-state index contributed by atoms with van der Waals surface area (Å²) in [5.74, 6) is 0.680. The molecule has 5 nitrogen and oxygen atoms in total. The molecule has 0 aliphatic carbocycles. The minimum atomic E-state index is 0.271. The van der Waals surface area contributed by atoms with Gasteiger partial charge in [0.25, 0.3) is 0 Å². The Kier molecular flexibility index (Phi) is 7.36. The summed E-state index contributed by atoms with van der Waals surface area (Å²) in [4.78, 5) is 8.52. The van der Waals surface area contributed by atoms with Crippen molar-refractivity contribution in [3.8, 4) is 5.88 Å². The van der Waals surface area contributed by atoms with E-state index < -0.39 is 0 Å². The van der Waals surface area contributed by atoms with Crippen molar-refractivity contribution in [2.24, 2.45) is 0 Å². The van der Waals surface area contributed by atoms with Gasteiger partial charge in [0.1, 0.15) is 6.33 Å². The van der Waals surface area contributed by atoms with Gasteiger partial charge in [0.2, 0.25) is 5.88 Å². The highest BCUT2D eigenvalue weighted by molar-refractivity contribution is 5.28. The monoisotopic (exact) mass is 267 g/mol. The lowest BCUT2D eigenvalue weighted by Gasteiger charge is -2.18. The molecule has 1 unspecified atom stereocenters. The highest BCUT2D eigenvalue weighted by atomic mass is 16.5. The number of hydrogen-bond acceptors (Lipinski definition) is 5. The molecule has 0 saturated carbocycles. The first kappa shape index (κ1) is 15.9. The molecular weight excluding hydrogens is 242 g/mol. The summed E-state index contributed by atoms with van der Waals surface area (Å²) in [7, 11) is 1.72. The van der Waals surface area contributed by atoms with Crippen LogP contribution in [0.3, 0.4) is 0 Å². The Bertz CT molecular complexity index is 372. The number of methoxy groups -OCH3 is 1. The van der Waals surface area contributed by atoms with Crippen LogP contribution in [0.4, 0.5) is 0 Å². The van der Waals surface area contributed by atoms with Crippen molar-refractivity contribution in [3.05, 3.63) is 17.6 Å². The Morgan fingerprint density at radius 3 is 2.74 bits per heavy atom. The van der Waals surface area contributed by atoms with Crippen molar-refractivity contribution < 1.29 is 9.47 Å². The lowest BCUT2D eigenvalue weighted by atomic mass is 10.1. The van der Waals surface area contributed by atoms with Crippen LogP contribution in [0.5, 0.6) is 5.88 Å². The van der Waals surface area contributed by atoms with Gasteiger partial charge in [0, 0.05) is 25.1 Å². The molecule has 1 aromatic rings. The molecule has 0 saturated heterocycles. The van der Waals surface area contributed by atoms with Gasteiger partial charge in [-0.1, -0.05) is 6.92 Å². The molecule has 19 heavy (non-hydrogen) atoms. The van der Waals surface area contributed by atoms with E-state index in [1.165, 1.54) is 0 Å². The van der Waals surface area contributed by atoms with Crippen molar-refractivity contribution in [1.82, 2.24) is 15.3 Å². The third-order valence-corrected chi connectivity index (χ3v) is 2.91. The highest BCUT2D eigenvalue weighted by Gasteiger charge is 2.14. The van der Waals surface area contributed by atoms with Gasteiger partial charge in [0.05, 0.1) is 18.9 Å². The molecule has 1 atom stereocenters. The Labute approximate surface area is 115 Å². The van der Waals surface area contributed by atoms with Crippen LogP contribution < -0.4 is 10.1 Å². The predicted octanol–water partition coefficient (Wildman–Crippen LogP) is 1.74. The van der Waals surface area contributed by atoms with E-state index in [-0.39, 0.29) is 6.04 Å². The largest absolute Gasteiger partial charge is 0.478 e. The molecule has 1 rings (SSSR count). The van der Waals surface area contributed by atoms with Crippen LogP contribution in [0, 0.1) is 6.92 Å². The van der Waals surface area contributed by atoms with Crippen LogP contribution in [0.1, 0.15) is 31.5 Å². The van der Waals surface area contributed by atoms with Gasteiger partial charge < -0.3 is 14.8 Å². The van der Waals surface area contributed by atoms with Gasteiger partial charge in [-0.05, 0) is 26.8 Å². The van der Waals surface area contributed by atoms with E-state index in [0.717, 1.165) is 30.6 Å². The average Bonchev–Trinajstić information content (AvgIpc) is 2.41. The number of nitrogens with zero attached hydrogens (tertiary/aromatic N) is 2. The summed E-state index contributed by atoms with van der Waals surface area (Å²) in [6.45, 7) is 8.39. The molecule has 5 heteroatoms. The zero-order chi connectivity index (χ0) is 14.1. The van der Waals surface area contributed by atoms with Crippen molar-refractivity contribution in [3.63, 3.8) is 0 Å². The van der Waals surface area contributed by atoms with Crippen LogP contribution in [-0.4, -0.2) is 42.9 Å². The summed E-state index contributed by atoms with van der Waals surface area (Å²) < 4.78 is 10.8. The zero-order valence-electron chi connectivity index (χ0n) is 12.4. The molecule has 0 aliphatic rings. The molecule has 0 radical (unpaired) electrons. The molecule has 0 aliphatic heterocycles. The average molecular weight is 267 g/mol. The lowest BCUT2D eigenvalue weighted by molar-refractivity contribution is 0.165. The first-order chi connectivity index (χ1) is 9.22. The first-order valence-electron chi connectivity index (χ1n) is 6.88. The molecule has 0 fully saturated rings. The minimum Gasteiger partial charge on any atom is -0.478 e.